The van der Waals surface area contributed by atoms with Crippen molar-refractivity contribution in [1.82, 2.24) is 5.73 Å². The monoisotopic (exact) mass is 150 g/mol. The van der Waals surface area contributed by atoms with Gasteiger partial charge in [-0.25, -0.2) is 0 Å². The molecule has 0 aromatic carbocycles. The molecule has 1 unspecified atom stereocenters. The molecule has 1 atom stereocenters. The molecule has 0 aliphatic carbocycles. The number of rotatable bonds is 3. The third-order valence-electron chi connectivity index (χ3n) is 0.422. The summed E-state index contributed by atoms with van der Waals surface area (Å²) in [5, 5.41) is 1.43. The molecule has 0 aromatic rings. The van der Waals surface area contributed by atoms with Gasteiger partial charge in [0.25, 0.3) is 5.91 Å². The Kier molecular flexibility index (Phi) is 3.73. The largest absolute Gasteiger partial charge is 0.271 e. The Hall–Kier alpha value is -0.150. The molecule has 0 bridgehead atoms. The maximum absolute atomic E-state index is 10.00. The van der Waals surface area contributed by atoms with Gasteiger partial charge in [-0.05, 0) is 5.41 Å². The van der Waals surface area contributed by atoms with Gasteiger partial charge in [0, 0.05) is 0 Å². The third kappa shape index (κ3) is 2.93. The summed E-state index contributed by atoms with van der Waals surface area (Å²) in [6.45, 7) is 3.33. The molecule has 0 saturated heterocycles. The molecule has 0 aliphatic heterocycles. The number of carbonyl (C=O) groups is 1. The second-order valence-electron chi connectivity index (χ2n) is 0.983. The van der Waals surface area contributed by atoms with E-state index in [-0.39, 0.29) is 0 Å². The molecule has 4 heteroatoms. The highest BCUT2D eigenvalue weighted by Crippen LogP contribution is 2.14. The molecule has 1 N–H and O–H groups in total. The average Bonchev–Trinajstić information content (AvgIpc) is 1.67. The maximum Gasteiger partial charge on any atom is 0.266 e. The molecule has 0 spiro atoms. The predicted octanol–water partition coefficient (Wildman–Crippen LogP) is 1.24. The van der Waals surface area contributed by atoms with Crippen molar-refractivity contribution in [1.29, 1.82) is 0 Å². The highest BCUT2D eigenvalue weighted by molar-refractivity contribution is 8.04. The summed E-state index contributed by atoms with van der Waals surface area (Å²) in [5.74, 6) is -0.781. The Balaban J connectivity index is 3.46. The van der Waals surface area contributed by atoms with Gasteiger partial charge in [0.1, 0.15) is 0 Å². The van der Waals surface area contributed by atoms with Crippen molar-refractivity contribution in [3.05, 3.63) is 12.0 Å². The lowest BCUT2D eigenvalue weighted by Gasteiger charge is -1.95. The van der Waals surface area contributed by atoms with Crippen LogP contribution >= 0.6 is 23.4 Å². The molecule has 0 saturated carbocycles. The van der Waals surface area contributed by atoms with Gasteiger partial charge in [-0.15, -0.1) is 11.8 Å². The molecule has 2 nitrogen and oxygen atoms in total. The smallest absolute Gasteiger partial charge is 0.266 e. The van der Waals surface area contributed by atoms with Gasteiger partial charge < -0.3 is 0 Å². The van der Waals surface area contributed by atoms with E-state index in [1.807, 2.05) is 0 Å². The van der Waals surface area contributed by atoms with Crippen LogP contribution in [0.3, 0.4) is 0 Å². The van der Waals surface area contributed by atoms with Gasteiger partial charge in [0.2, 0.25) is 0 Å². The Bertz CT molecular complexity index is 106. The lowest BCUT2D eigenvalue weighted by atomic mass is 10.8. The predicted molar refractivity (Wildman–Crippen MR) is 35.5 cm³/mol. The summed E-state index contributed by atoms with van der Waals surface area (Å²) < 4.78 is -0.785. The van der Waals surface area contributed by atoms with Gasteiger partial charge in [0.05, 0.1) is 0 Å². The molecule has 0 aliphatic rings. The van der Waals surface area contributed by atoms with Crippen LogP contribution in [0.1, 0.15) is 0 Å². The standard InChI is InChI=1S/C4H5ClNOS/c1-2-8-3(5)4(6)7/h2-3,6H,1H2. The summed E-state index contributed by atoms with van der Waals surface area (Å²) in [6, 6.07) is 0. The van der Waals surface area contributed by atoms with Crippen molar-refractivity contribution in [3.8, 4) is 0 Å². The minimum atomic E-state index is -0.785. The molecular weight excluding hydrogens is 146 g/mol. The first-order valence-electron chi connectivity index (χ1n) is 1.84. The Morgan fingerprint density at radius 3 is 2.62 bits per heavy atom. The van der Waals surface area contributed by atoms with Crippen LogP contribution in [0, 0.1) is 0 Å². The first-order chi connectivity index (χ1) is 3.68. The summed E-state index contributed by atoms with van der Waals surface area (Å²) in [7, 11) is 0. The van der Waals surface area contributed by atoms with E-state index in [1.54, 1.807) is 0 Å². The number of carbonyl (C=O) groups excluding carboxylic acids is 1. The van der Waals surface area contributed by atoms with E-state index in [4.69, 9.17) is 17.3 Å². The van der Waals surface area contributed by atoms with Crippen molar-refractivity contribution >= 4 is 29.3 Å². The van der Waals surface area contributed by atoms with E-state index in [0.29, 0.717) is 0 Å². The normalized spacial score (nSPS) is 12.6. The van der Waals surface area contributed by atoms with Gasteiger partial charge in [-0.1, -0.05) is 18.2 Å². The highest BCUT2D eigenvalue weighted by atomic mass is 35.5. The van der Waals surface area contributed by atoms with Gasteiger partial charge in [0.15, 0.2) is 4.71 Å². The number of alkyl halides is 1. The van der Waals surface area contributed by atoms with E-state index >= 15 is 0 Å². The molecule has 0 aromatic heterocycles. The quantitative estimate of drug-likeness (QED) is 0.568. The number of hydrogen-bond donors (Lipinski definition) is 0. The SMILES string of the molecule is C=CSC(Cl)C([NH])=O. The van der Waals surface area contributed by atoms with Crippen LogP contribution in [0.15, 0.2) is 12.0 Å². The minimum absolute atomic E-state index is 0.781. The molecule has 0 rings (SSSR count). The molecule has 0 heterocycles. The number of nitrogens with one attached hydrogen (secondary N) is 1. The Morgan fingerprint density at radius 1 is 2.00 bits per heavy atom. The summed E-state index contributed by atoms with van der Waals surface area (Å²) in [6.07, 6.45) is 0. The van der Waals surface area contributed by atoms with E-state index in [9.17, 15) is 4.79 Å². The number of amides is 1. The van der Waals surface area contributed by atoms with Crippen molar-refractivity contribution in [2.75, 3.05) is 0 Å². The fourth-order valence-electron chi connectivity index (χ4n) is 0.146. The second-order valence-corrected chi connectivity index (χ2v) is 2.76. The molecule has 1 amide bonds. The molecular formula is C4H5ClNOS. The van der Waals surface area contributed by atoms with Crippen LogP contribution in [0.5, 0.6) is 0 Å². The lowest BCUT2D eigenvalue weighted by Crippen LogP contribution is -2.09. The van der Waals surface area contributed by atoms with Crippen molar-refractivity contribution in [2.45, 2.75) is 4.71 Å². The van der Waals surface area contributed by atoms with Gasteiger partial charge in [-0.3, -0.25) is 10.5 Å². The fraction of sp³-hybridized carbons (Fsp3) is 0.250. The van der Waals surface area contributed by atoms with E-state index < -0.39 is 10.6 Å². The van der Waals surface area contributed by atoms with E-state index in [2.05, 4.69) is 6.58 Å². The lowest BCUT2D eigenvalue weighted by molar-refractivity contribution is -0.116. The van der Waals surface area contributed by atoms with Crippen molar-refractivity contribution < 1.29 is 4.79 Å². The fourth-order valence-corrected chi connectivity index (χ4v) is 0.657. The number of hydrogen-bond acceptors (Lipinski definition) is 2. The average molecular weight is 151 g/mol. The van der Waals surface area contributed by atoms with Gasteiger partial charge >= 0.3 is 0 Å². The minimum Gasteiger partial charge on any atom is -0.271 e. The molecule has 45 valence electrons. The first-order valence-corrected chi connectivity index (χ1v) is 3.22. The van der Waals surface area contributed by atoms with Crippen LogP contribution in [0.2, 0.25) is 0 Å². The first kappa shape index (κ1) is 7.85. The number of thioether (sulfide) groups is 1. The van der Waals surface area contributed by atoms with E-state index in [0.717, 1.165) is 11.8 Å². The van der Waals surface area contributed by atoms with Crippen LogP contribution in [-0.2, 0) is 4.79 Å². The van der Waals surface area contributed by atoms with E-state index in [1.165, 1.54) is 5.41 Å². The molecule has 0 fully saturated rings. The van der Waals surface area contributed by atoms with Crippen LogP contribution in [0.25, 0.3) is 0 Å². The summed E-state index contributed by atoms with van der Waals surface area (Å²) >= 11 is 6.30. The zero-order valence-corrected chi connectivity index (χ0v) is 5.63. The second kappa shape index (κ2) is 3.80. The third-order valence-corrected chi connectivity index (χ3v) is 1.57. The highest BCUT2D eigenvalue weighted by Gasteiger charge is 2.08. The Morgan fingerprint density at radius 2 is 2.50 bits per heavy atom. The van der Waals surface area contributed by atoms with Gasteiger partial charge in [-0.2, -0.15) is 0 Å². The maximum atomic E-state index is 10.00. The van der Waals surface area contributed by atoms with Crippen LogP contribution in [0.4, 0.5) is 0 Å². The number of halogens is 1. The van der Waals surface area contributed by atoms with Crippen molar-refractivity contribution in [3.63, 3.8) is 0 Å². The summed E-state index contributed by atoms with van der Waals surface area (Å²) in [5.41, 5.74) is 6.45. The summed E-state index contributed by atoms with van der Waals surface area (Å²) in [4.78, 5) is 10.00. The van der Waals surface area contributed by atoms with Crippen molar-refractivity contribution in [2.24, 2.45) is 0 Å². The zero-order chi connectivity index (χ0) is 6.57. The Labute approximate surface area is 57.1 Å². The van der Waals surface area contributed by atoms with Crippen LogP contribution < -0.4 is 5.73 Å². The molecule has 1 radical (unpaired) electrons. The van der Waals surface area contributed by atoms with Crippen LogP contribution in [-0.4, -0.2) is 10.6 Å². The zero-order valence-electron chi connectivity index (χ0n) is 4.06. The molecule has 8 heavy (non-hydrogen) atoms. The topological polar surface area (TPSA) is 40.9 Å².